The van der Waals surface area contributed by atoms with Crippen molar-refractivity contribution in [3.05, 3.63) is 0 Å². The maximum absolute atomic E-state index is 9.04. The summed E-state index contributed by atoms with van der Waals surface area (Å²) in [5, 5.41) is 10.6. The van der Waals surface area contributed by atoms with Crippen molar-refractivity contribution in [2.45, 2.75) is 26.4 Å². The van der Waals surface area contributed by atoms with Gasteiger partial charge in [0, 0.05) is 13.1 Å². The topological polar surface area (TPSA) is 49.5 Å². The molecule has 1 unspecified atom stereocenters. The normalized spacial score (nSPS) is 14.3. The lowest BCUT2D eigenvalue weighted by Gasteiger charge is -2.16. The van der Waals surface area contributed by atoms with Gasteiger partial charge < -0.3 is 5.11 Å². The molecule has 0 aliphatic rings. The van der Waals surface area contributed by atoms with E-state index in [0.717, 1.165) is 13.0 Å². The van der Waals surface area contributed by atoms with Crippen molar-refractivity contribution in [3.8, 4) is 0 Å². The number of aliphatic hydroxyl groups excluding tert-OH is 1. The van der Waals surface area contributed by atoms with Gasteiger partial charge in [0.25, 0.3) is 0 Å². The fraction of sp³-hybridized carbons (Fsp3) is 1.00. The highest BCUT2D eigenvalue weighted by atomic mass is 16.3. The average Bonchev–Trinajstić information content (AvgIpc) is 1.87. The zero-order chi connectivity index (χ0) is 7.28. The van der Waals surface area contributed by atoms with Gasteiger partial charge >= 0.3 is 0 Å². The standard InChI is InChI=1S/C6H16N2O/c1-3-6(9)5-8(7)4-2/h6,9H,3-5,7H2,1-2H3. The molecule has 3 N–H and O–H groups in total. The quantitative estimate of drug-likeness (QED) is 0.416. The van der Waals surface area contributed by atoms with Crippen LogP contribution in [0.5, 0.6) is 0 Å². The molecule has 3 heteroatoms. The Morgan fingerprint density at radius 1 is 1.56 bits per heavy atom. The van der Waals surface area contributed by atoms with Gasteiger partial charge in [-0.05, 0) is 6.42 Å². The first-order valence-electron chi connectivity index (χ1n) is 3.38. The molecule has 0 heterocycles. The van der Waals surface area contributed by atoms with Crippen molar-refractivity contribution in [2.24, 2.45) is 5.84 Å². The molecular formula is C6H16N2O. The maximum Gasteiger partial charge on any atom is 0.0678 e. The Labute approximate surface area is 56.4 Å². The second-order valence-electron chi connectivity index (χ2n) is 2.15. The minimum atomic E-state index is -0.269. The molecule has 0 aromatic heterocycles. The minimum absolute atomic E-state index is 0.269. The van der Waals surface area contributed by atoms with Crippen LogP contribution in [0.3, 0.4) is 0 Å². The third-order valence-corrected chi connectivity index (χ3v) is 1.32. The zero-order valence-electron chi connectivity index (χ0n) is 6.17. The van der Waals surface area contributed by atoms with Crippen LogP contribution in [0.1, 0.15) is 20.3 Å². The summed E-state index contributed by atoms with van der Waals surface area (Å²) in [5.74, 6) is 5.42. The number of hydrogen-bond donors (Lipinski definition) is 2. The Kier molecular flexibility index (Phi) is 4.67. The molecule has 1 atom stereocenters. The number of rotatable bonds is 4. The van der Waals surface area contributed by atoms with Gasteiger partial charge in [-0.3, -0.25) is 5.84 Å². The van der Waals surface area contributed by atoms with Crippen LogP contribution in [0, 0.1) is 0 Å². The summed E-state index contributed by atoms with van der Waals surface area (Å²) >= 11 is 0. The van der Waals surface area contributed by atoms with Crippen LogP contribution < -0.4 is 5.84 Å². The van der Waals surface area contributed by atoms with Crippen LogP contribution in [0.2, 0.25) is 0 Å². The summed E-state index contributed by atoms with van der Waals surface area (Å²) in [7, 11) is 0. The summed E-state index contributed by atoms with van der Waals surface area (Å²) in [5.41, 5.74) is 0. The van der Waals surface area contributed by atoms with Crippen molar-refractivity contribution in [2.75, 3.05) is 13.1 Å². The molecule has 56 valence electrons. The first-order chi connectivity index (χ1) is 4.20. The predicted octanol–water partition coefficient (Wildman–Crippen LogP) is -0.0471. The summed E-state index contributed by atoms with van der Waals surface area (Å²) in [6.45, 7) is 5.26. The van der Waals surface area contributed by atoms with Gasteiger partial charge in [-0.25, -0.2) is 5.01 Å². The van der Waals surface area contributed by atoms with Crippen molar-refractivity contribution in [1.82, 2.24) is 5.01 Å². The highest BCUT2D eigenvalue weighted by molar-refractivity contribution is 4.55. The molecule has 0 bridgehead atoms. The van der Waals surface area contributed by atoms with E-state index >= 15 is 0 Å². The fourth-order valence-corrected chi connectivity index (χ4v) is 0.529. The van der Waals surface area contributed by atoms with Crippen molar-refractivity contribution < 1.29 is 5.11 Å². The van der Waals surface area contributed by atoms with Gasteiger partial charge in [-0.2, -0.15) is 0 Å². The van der Waals surface area contributed by atoms with Gasteiger partial charge in [-0.15, -0.1) is 0 Å². The van der Waals surface area contributed by atoms with E-state index in [2.05, 4.69) is 0 Å². The third kappa shape index (κ3) is 4.39. The molecular weight excluding hydrogens is 116 g/mol. The summed E-state index contributed by atoms with van der Waals surface area (Å²) in [6, 6.07) is 0. The van der Waals surface area contributed by atoms with E-state index in [1.165, 1.54) is 0 Å². The highest BCUT2D eigenvalue weighted by Crippen LogP contribution is 1.90. The number of nitrogens with zero attached hydrogens (tertiary/aromatic N) is 1. The number of nitrogens with two attached hydrogens (primary N) is 1. The Bertz CT molecular complexity index is 60.1. The molecule has 0 aromatic rings. The van der Waals surface area contributed by atoms with Crippen LogP contribution in [0.25, 0.3) is 0 Å². The molecule has 0 rings (SSSR count). The van der Waals surface area contributed by atoms with E-state index in [9.17, 15) is 0 Å². The summed E-state index contributed by atoms with van der Waals surface area (Å²) < 4.78 is 0. The van der Waals surface area contributed by atoms with Crippen LogP contribution >= 0.6 is 0 Å². The third-order valence-electron chi connectivity index (χ3n) is 1.32. The van der Waals surface area contributed by atoms with E-state index in [1.54, 1.807) is 5.01 Å². The lowest BCUT2D eigenvalue weighted by Crippen LogP contribution is -2.37. The predicted molar refractivity (Wildman–Crippen MR) is 37.7 cm³/mol. The molecule has 0 spiro atoms. The summed E-state index contributed by atoms with van der Waals surface area (Å²) in [4.78, 5) is 0. The molecule has 0 radical (unpaired) electrons. The Morgan fingerprint density at radius 3 is 2.44 bits per heavy atom. The maximum atomic E-state index is 9.04. The first kappa shape index (κ1) is 8.88. The highest BCUT2D eigenvalue weighted by Gasteiger charge is 2.02. The van der Waals surface area contributed by atoms with Crippen molar-refractivity contribution in [3.63, 3.8) is 0 Å². The molecule has 0 fully saturated rings. The van der Waals surface area contributed by atoms with Crippen LogP contribution in [0.15, 0.2) is 0 Å². The number of hydrogen-bond acceptors (Lipinski definition) is 3. The fourth-order valence-electron chi connectivity index (χ4n) is 0.529. The largest absolute Gasteiger partial charge is 0.392 e. The van der Waals surface area contributed by atoms with Crippen LogP contribution in [-0.2, 0) is 0 Å². The Hall–Kier alpha value is -0.120. The van der Waals surface area contributed by atoms with Gasteiger partial charge in [0.05, 0.1) is 6.10 Å². The van der Waals surface area contributed by atoms with E-state index in [0.29, 0.717) is 6.54 Å². The van der Waals surface area contributed by atoms with Crippen molar-refractivity contribution in [1.29, 1.82) is 0 Å². The van der Waals surface area contributed by atoms with E-state index in [1.807, 2.05) is 13.8 Å². The van der Waals surface area contributed by atoms with Crippen molar-refractivity contribution >= 4 is 0 Å². The van der Waals surface area contributed by atoms with E-state index in [4.69, 9.17) is 10.9 Å². The second-order valence-corrected chi connectivity index (χ2v) is 2.15. The van der Waals surface area contributed by atoms with Gasteiger partial charge in [0.15, 0.2) is 0 Å². The molecule has 0 saturated carbocycles. The molecule has 0 aliphatic heterocycles. The number of hydrazine groups is 1. The van der Waals surface area contributed by atoms with E-state index in [-0.39, 0.29) is 6.10 Å². The Balaban J connectivity index is 3.22. The van der Waals surface area contributed by atoms with Gasteiger partial charge in [0.2, 0.25) is 0 Å². The number of aliphatic hydroxyl groups is 1. The molecule has 3 nitrogen and oxygen atoms in total. The summed E-state index contributed by atoms with van der Waals surface area (Å²) in [6.07, 6.45) is 0.503. The van der Waals surface area contributed by atoms with Crippen LogP contribution in [0.4, 0.5) is 0 Å². The van der Waals surface area contributed by atoms with Crippen LogP contribution in [-0.4, -0.2) is 29.3 Å². The van der Waals surface area contributed by atoms with Gasteiger partial charge in [0.1, 0.15) is 0 Å². The Morgan fingerprint density at radius 2 is 2.11 bits per heavy atom. The molecule has 0 amide bonds. The molecule has 0 aliphatic carbocycles. The van der Waals surface area contributed by atoms with Gasteiger partial charge in [-0.1, -0.05) is 13.8 Å². The second kappa shape index (κ2) is 4.73. The lowest BCUT2D eigenvalue weighted by atomic mass is 10.3. The number of likely N-dealkylation sites (N-methyl/N-ethyl adjacent to an activating group) is 1. The smallest absolute Gasteiger partial charge is 0.0678 e. The molecule has 0 saturated heterocycles. The average molecular weight is 132 g/mol. The molecule has 0 aromatic carbocycles. The monoisotopic (exact) mass is 132 g/mol. The first-order valence-corrected chi connectivity index (χ1v) is 3.38. The zero-order valence-corrected chi connectivity index (χ0v) is 6.17. The minimum Gasteiger partial charge on any atom is -0.392 e. The molecule has 9 heavy (non-hydrogen) atoms. The lowest BCUT2D eigenvalue weighted by molar-refractivity contribution is 0.112. The SMILES string of the molecule is CCC(O)CN(N)CC. The van der Waals surface area contributed by atoms with E-state index < -0.39 is 0 Å².